The first-order valence-corrected chi connectivity index (χ1v) is 7.75. The fraction of sp³-hybridized carbons (Fsp3) is 0.562. The van der Waals surface area contributed by atoms with E-state index in [1.54, 1.807) is 0 Å². The lowest BCUT2D eigenvalue weighted by molar-refractivity contribution is 0.195. The van der Waals surface area contributed by atoms with Crippen LogP contribution in [0, 0.1) is 0 Å². The van der Waals surface area contributed by atoms with Gasteiger partial charge in [0, 0.05) is 30.1 Å². The van der Waals surface area contributed by atoms with E-state index in [0.29, 0.717) is 5.92 Å². The Balaban J connectivity index is 2.06. The van der Waals surface area contributed by atoms with E-state index >= 15 is 0 Å². The third-order valence-electron chi connectivity index (χ3n) is 3.71. The molecule has 0 spiro atoms. The zero-order valence-electron chi connectivity index (χ0n) is 12.2. The number of carbonyl (C=O) groups is 1. The molecule has 0 aliphatic carbocycles. The quantitative estimate of drug-likeness (QED) is 0.877. The second-order valence-corrected chi connectivity index (χ2v) is 6.23. The fourth-order valence-electron chi connectivity index (χ4n) is 2.67. The van der Waals surface area contributed by atoms with Crippen molar-refractivity contribution in [2.75, 3.05) is 13.1 Å². The van der Waals surface area contributed by atoms with E-state index in [1.807, 2.05) is 30.9 Å². The second-order valence-electron chi connectivity index (χ2n) is 5.79. The molecule has 0 radical (unpaired) electrons. The van der Waals surface area contributed by atoms with E-state index < -0.39 is 0 Å². The summed E-state index contributed by atoms with van der Waals surface area (Å²) in [7, 11) is 0. The average Bonchev–Trinajstić information content (AvgIpc) is 2.64. The smallest absolute Gasteiger partial charge is 0.317 e. The van der Waals surface area contributed by atoms with Crippen molar-refractivity contribution >= 4 is 17.6 Å². The molecule has 20 heavy (non-hydrogen) atoms. The number of nitrogens with zero attached hydrogens (tertiary/aromatic N) is 1. The van der Waals surface area contributed by atoms with Gasteiger partial charge in [0.25, 0.3) is 0 Å². The van der Waals surface area contributed by atoms with Crippen LogP contribution in [0.4, 0.5) is 4.79 Å². The van der Waals surface area contributed by atoms with Crippen LogP contribution < -0.4 is 5.32 Å². The Morgan fingerprint density at radius 3 is 2.65 bits per heavy atom. The van der Waals surface area contributed by atoms with Crippen molar-refractivity contribution in [2.24, 2.45) is 0 Å². The molecule has 1 fully saturated rings. The summed E-state index contributed by atoms with van der Waals surface area (Å²) in [6, 6.07) is 8.26. The number of benzene rings is 1. The minimum Gasteiger partial charge on any atom is -0.336 e. The standard InChI is InChI=1S/C16H23ClN2O/c1-12(2)18-16(20)19-10-4-3-5-14(11-19)13-6-8-15(17)9-7-13/h6-9,12,14H,3-5,10-11H2,1-2H3,(H,18,20). The monoisotopic (exact) mass is 294 g/mol. The van der Waals surface area contributed by atoms with E-state index in [-0.39, 0.29) is 12.1 Å². The first kappa shape index (κ1) is 15.2. The van der Waals surface area contributed by atoms with E-state index in [2.05, 4.69) is 17.4 Å². The lowest BCUT2D eigenvalue weighted by Gasteiger charge is -2.26. The highest BCUT2D eigenvalue weighted by atomic mass is 35.5. The highest BCUT2D eigenvalue weighted by Gasteiger charge is 2.23. The Morgan fingerprint density at radius 2 is 2.00 bits per heavy atom. The molecule has 1 saturated heterocycles. The predicted octanol–water partition coefficient (Wildman–Crippen LogP) is 4.03. The molecular formula is C16H23ClN2O. The van der Waals surface area contributed by atoms with Crippen LogP contribution in [0.15, 0.2) is 24.3 Å². The number of hydrogen-bond donors (Lipinski definition) is 1. The molecule has 1 aliphatic rings. The Morgan fingerprint density at radius 1 is 1.30 bits per heavy atom. The van der Waals surface area contributed by atoms with Gasteiger partial charge in [-0.1, -0.05) is 30.2 Å². The minimum absolute atomic E-state index is 0.0564. The molecule has 0 bridgehead atoms. The van der Waals surface area contributed by atoms with Gasteiger partial charge in [0.05, 0.1) is 0 Å². The number of halogens is 1. The molecule has 2 amide bonds. The lowest BCUT2D eigenvalue weighted by atomic mass is 9.94. The van der Waals surface area contributed by atoms with Gasteiger partial charge in [0.1, 0.15) is 0 Å². The van der Waals surface area contributed by atoms with Crippen molar-refractivity contribution in [1.82, 2.24) is 10.2 Å². The molecule has 1 aromatic carbocycles. The Labute approximate surface area is 126 Å². The Kier molecular flexibility index (Phi) is 5.30. The van der Waals surface area contributed by atoms with Gasteiger partial charge in [-0.15, -0.1) is 0 Å². The molecule has 1 unspecified atom stereocenters. The molecule has 1 aliphatic heterocycles. The van der Waals surface area contributed by atoms with Gasteiger partial charge in [-0.3, -0.25) is 0 Å². The highest BCUT2D eigenvalue weighted by Crippen LogP contribution is 2.27. The summed E-state index contributed by atoms with van der Waals surface area (Å²) in [5.41, 5.74) is 1.28. The van der Waals surface area contributed by atoms with Gasteiger partial charge >= 0.3 is 6.03 Å². The molecule has 1 atom stereocenters. The molecule has 1 aromatic rings. The van der Waals surface area contributed by atoms with Crippen LogP contribution in [0.5, 0.6) is 0 Å². The highest BCUT2D eigenvalue weighted by molar-refractivity contribution is 6.30. The number of hydrogen-bond acceptors (Lipinski definition) is 1. The van der Waals surface area contributed by atoms with E-state index in [0.717, 1.165) is 31.0 Å². The second kappa shape index (κ2) is 6.98. The van der Waals surface area contributed by atoms with Crippen molar-refractivity contribution < 1.29 is 4.79 Å². The summed E-state index contributed by atoms with van der Waals surface area (Å²) in [6.07, 6.45) is 3.38. The molecule has 1 N–H and O–H groups in total. The first-order valence-electron chi connectivity index (χ1n) is 7.37. The Bertz CT molecular complexity index is 444. The van der Waals surface area contributed by atoms with Gasteiger partial charge in [0.15, 0.2) is 0 Å². The molecule has 2 rings (SSSR count). The third-order valence-corrected chi connectivity index (χ3v) is 3.96. The number of likely N-dealkylation sites (tertiary alicyclic amines) is 1. The van der Waals surface area contributed by atoms with Crippen LogP contribution in [0.1, 0.15) is 44.6 Å². The topological polar surface area (TPSA) is 32.3 Å². The minimum atomic E-state index is 0.0564. The molecule has 4 heteroatoms. The maximum Gasteiger partial charge on any atom is 0.317 e. The van der Waals surface area contributed by atoms with Crippen LogP contribution >= 0.6 is 11.6 Å². The first-order chi connectivity index (χ1) is 9.56. The van der Waals surface area contributed by atoms with E-state index in [4.69, 9.17) is 11.6 Å². The third kappa shape index (κ3) is 4.14. The predicted molar refractivity (Wildman–Crippen MR) is 83.3 cm³/mol. The summed E-state index contributed by atoms with van der Waals surface area (Å²) in [5.74, 6) is 0.410. The molecule has 110 valence electrons. The lowest BCUT2D eigenvalue weighted by Crippen LogP contribution is -2.44. The SMILES string of the molecule is CC(C)NC(=O)N1CCCCC(c2ccc(Cl)cc2)C1. The molecule has 3 nitrogen and oxygen atoms in total. The van der Waals surface area contributed by atoms with Gasteiger partial charge in [-0.05, 0) is 44.4 Å². The van der Waals surface area contributed by atoms with E-state index in [1.165, 1.54) is 12.0 Å². The molecule has 1 heterocycles. The van der Waals surface area contributed by atoms with Crippen molar-refractivity contribution in [1.29, 1.82) is 0 Å². The number of amides is 2. The maximum atomic E-state index is 12.2. The zero-order valence-corrected chi connectivity index (χ0v) is 13.0. The van der Waals surface area contributed by atoms with Gasteiger partial charge < -0.3 is 10.2 Å². The Hall–Kier alpha value is -1.22. The number of rotatable bonds is 2. The summed E-state index contributed by atoms with van der Waals surface area (Å²) >= 11 is 5.94. The summed E-state index contributed by atoms with van der Waals surface area (Å²) in [5, 5.41) is 3.75. The van der Waals surface area contributed by atoms with Gasteiger partial charge in [-0.2, -0.15) is 0 Å². The molecular weight excluding hydrogens is 272 g/mol. The largest absolute Gasteiger partial charge is 0.336 e. The maximum absolute atomic E-state index is 12.2. The van der Waals surface area contributed by atoms with Crippen LogP contribution in [0.2, 0.25) is 5.02 Å². The normalized spacial score (nSPS) is 19.8. The average molecular weight is 295 g/mol. The summed E-state index contributed by atoms with van der Waals surface area (Å²) < 4.78 is 0. The fourth-order valence-corrected chi connectivity index (χ4v) is 2.80. The number of urea groups is 1. The van der Waals surface area contributed by atoms with Crippen LogP contribution in [0.3, 0.4) is 0 Å². The number of carbonyl (C=O) groups excluding carboxylic acids is 1. The van der Waals surface area contributed by atoms with Crippen molar-refractivity contribution in [3.63, 3.8) is 0 Å². The van der Waals surface area contributed by atoms with Crippen LogP contribution in [-0.4, -0.2) is 30.1 Å². The van der Waals surface area contributed by atoms with Gasteiger partial charge in [0.2, 0.25) is 0 Å². The summed E-state index contributed by atoms with van der Waals surface area (Å²) in [4.78, 5) is 14.1. The van der Waals surface area contributed by atoms with E-state index in [9.17, 15) is 4.79 Å². The van der Waals surface area contributed by atoms with Crippen LogP contribution in [-0.2, 0) is 0 Å². The zero-order chi connectivity index (χ0) is 14.5. The van der Waals surface area contributed by atoms with Crippen molar-refractivity contribution in [2.45, 2.75) is 45.1 Å². The van der Waals surface area contributed by atoms with Crippen molar-refractivity contribution in [3.05, 3.63) is 34.9 Å². The molecule has 0 saturated carbocycles. The number of nitrogens with one attached hydrogen (secondary N) is 1. The summed E-state index contributed by atoms with van der Waals surface area (Å²) in [6.45, 7) is 5.63. The van der Waals surface area contributed by atoms with Gasteiger partial charge in [-0.25, -0.2) is 4.79 Å². The molecule has 0 aromatic heterocycles. The van der Waals surface area contributed by atoms with Crippen molar-refractivity contribution in [3.8, 4) is 0 Å². The van der Waals surface area contributed by atoms with Crippen LogP contribution in [0.25, 0.3) is 0 Å².